The zero-order valence-electron chi connectivity index (χ0n) is 21.8. The normalized spacial score (nSPS) is 16.6. The van der Waals surface area contributed by atoms with E-state index in [1.54, 1.807) is 87.0 Å². The molecule has 8 nitrogen and oxygen atoms in total. The van der Waals surface area contributed by atoms with Crippen LogP contribution < -0.4 is 18.9 Å². The fraction of sp³-hybridized carbons (Fsp3) is 0.267. The third-order valence-corrected chi connectivity index (χ3v) is 6.13. The van der Waals surface area contributed by atoms with E-state index in [4.69, 9.17) is 18.9 Å². The van der Waals surface area contributed by atoms with Crippen LogP contribution in [0, 0.1) is 0 Å². The Bertz CT molecular complexity index is 1300. The number of benzene rings is 3. The largest absolute Gasteiger partial charge is 0.507 e. The van der Waals surface area contributed by atoms with E-state index in [-0.39, 0.29) is 30.6 Å². The summed E-state index contributed by atoms with van der Waals surface area (Å²) in [5.41, 5.74) is 1.09. The van der Waals surface area contributed by atoms with Crippen molar-refractivity contribution in [1.82, 2.24) is 4.90 Å². The first-order chi connectivity index (χ1) is 18.3. The second-order valence-corrected chi connectivity index (χ2v) is 8.98. The molecule has 0 radical (unpaired) electrons. The minimum absolute atomic E-state index is 0.00465. The molecular formula is C30H31NO7. The van der Waals surface area contributed by atoms with Gasteiger partial charge in [0.25, 0.3) is 11.7 Å². The van der Waals surface area contributed by atoms with E-state index in [9.17, 15) is 14.7 Å². The first-order valence-corrected chi connectivity index (χ1v) is 12.3. The van der Waals surface area contributed by atoms with Crippen LogP contribution >= 0.6 is 0 Å². The topological polar surface area (TPSA) is 94.5 Å². The quantitative estimate of drug-likeness (QED) is 0.230. The fourth-order valence-electron chi connectivity index (χ4n) is 4.30. The molecule has 38 heavy (non-hydrogen) atoms. The van der Waals surface area contributed by atoms with Crippen molar-refractivity contribution in [3.8, 4) is 23.0 Å². The van der Waals surface area contributed by atoms with Gasteiger partial charge in [0.05, 0.1) is 38.5 Å². The second-order valence-electron chi connectivity index (χ2n) is 8.98. The number of methoxy groups -OCH3 is 2. The third kappa shape index (κ3) is 5.75. The van der Waals surface area contributed by atoms with Crippen molar-refractivity contribution in [3.05, 3.63) is 89.5 Å². The van der Waals surface area contributed by atoms with Gasteiger partial charge in [0.15, 0.2) is 0 Å². The maximum atomic E-state index is 13.2. The molecule has 0 aromatic heterocycles. The number of ketones is 1. The molecule has 1 fully saturated rings. The predicted octanol–water partition coefficient (Wildman–Crippen LogP) is 4.99. The molecule has 0 spiro atoms. The van der Waals surface area contributed by atoms with Crippen LogP contribution in [0.4, 0.5) is 0 Å². The minimum atomic E-state index is -0.799. The second kappa shape index (κ2) is 11.7. The SMILES string of the molecule is COc1ccc(OCCN2C(=O)C(=O)/C(=C(\O)c3ccc(OC(C)C)cc3)C2c2ccc(OC)cc2)cc1. The molecule has 198 valence electrons. The number of carbonyl (C=O) groups is 2. The molecule has 1 atom stereocenters. The monoisotopic (exact) mass is 517 g/mol. The maximum Gasteiger partial charge on any atom is 0.295 e. The molecule has 8 heteroatoms. The number of rotatable bonds is 10. The first-order valence-electron chi connectivity index (χ1n) is 12.3. The van der Waals surface area contributed by atoms with Crippen LogP contribution in [0.15, 0.2) is 78.4 Å². The highest BCUT2D eigenvalue weighted by atomic mass is 16.5. The molecule has 0 bridgehead atoms. The lowest BCUT2D eigenvalue weighted by atomic mass is 9.95. The van der Waals surface area contributed by atoms with Crippen LogP contribution in [0.3, 0.4) is 0 Å². The van der Waals surface area contributed by atoms with Crippen LogP contribution in [0.5, 0.6) is 23.0 Å². The molecule has 3 aromatic carbocycles. The number of likely N-dealkylation sites (tertiary alicyclic amines) is 1. The Morgan fingerprint density at radius 3 is 1.89 bits per heavy atom. The molecule has 1 aliphatic rings. The highest BCUT2D eigenvalue weighted by Gasteiger charge is 2.46. The first kappa shape index (κ1) is 26.6. The van der Waals surface area contributed by atoms with Gasteiger partial charge < -0.3 is 29.0 Å². The van der Waals surface area contributed by atoms with Gasteiger partial charge in [-0.3, -0.25) is 9.59 Å². The van der Waals surface area contributed by atoms with Gasteiger partial charge in [-0.05, 0) is 80.1 Å². The van der Waals surface area contributed by atoms with E-state index < -0.39 is 17.7 Å². The maximum absolute atomic E-state index is 13.2. The lowest BCUT2D eigenvalue weighted by Gasteiger charge is -2.25. The fourth-order valence-corrected chi connectivity index (χ4v) is 4.30. The third-order valence-electron chi connectivity index (χ3n) is 6.13. The van der Waals surface area contributed by atoms with E-state index in [1.165, 1.54) is 4.90 Å². The van der Waals surface area contributed by atoms with Crippen LogP contribution in [0.1, 0.15) is 31.0 Å². The van der Waals surface area contributed by atoms with Gasteiger partial charge >= 0.3 is 0 Å². The van der Waals surface area contributed by atoms with Crippen molar-refractivity contribution >= 4 is 17.4 Å². The molecule has 1 heterocycles. The van der Waals surface area contributed by atoms with E-state index >= 15 is 0 Å². The van der Waals surface area contributed by atoms with Crippen molar-refractivity contribution in [1.29, 1.82) is 0 Å². The van der Waals surface area contributed by atoms with E-state index in [2.05, 4.69) is 0 Å². The molecule has 3 aromatic rings. The molecule has 0 aliphatic carbocycles. The molecule has 1 unspecified atom stereocenters. The Morgan fingerprint density at radius 1 is 0.816 bits per heavy atom. The number of hydrogen-bond donors (Lipinski definition) is 1. The molecule has 1 N–H and O–H groups in total. The van der Waals surface area contributed by atoms with Crippen molar-refractivity contribution < 1.29 is 33.6 Å². The summed E-state index contributed by atoms with van der Waals surface area (Å²) in [5, 5.41) is 11.3. The Kier molecular flexibility index (Phi) is 8.21. The van der Waals surface area contributed by atoms with Gasteiger partial charge in [-0.1, -0.05) is 12.1 Å². The van der Waals surface area contributed by atoms with E-state index in [0.29, 0.717) is 34.1 Å². The Hall–Kier alpha value is -4.46. The van der Waals surface area contributed by atoms with Crippen molar-refractivity contribution in [3.63, 3.8) is 0 Å². The summed E-state index contributed by atoms with van der Waals surface area (Å²) in [6.07, 6.45) is -0.00465. The standard InChI is InChI=1S/C30H31NO7/c1-19(2)38-25-11-7-21(8-12-25)28(32)26-27(20-5-9-22(35-3)10-6-20)31(30(34)29(26)33)17-18-37-24-15-13-23(36-4)14-16-24/h5-16,19,27,32H,17-18H2,1-4H3/b28-26-. The molecule has 0 saturated carbocycles. The van der Waals surface area contributed by atoms with Crippen molar-refractivity contribution in [2.45, 2.75) is 26.0 Å². The number of carbonyl (C=O) groups excluding carboxylic acids is 2. The predicted molar refractivity (Wildman–Crippen MR) is 143 cm³/mol. The average molecular weight is 518 g/mol. The number of amides is 1. The summed E-state index contributed by atoms with van der Waals surface area (Å²) < 4.78 is 21.9. The molecule has 1 amide bonds. The Labute approximate surface area is 222 Å². The summed E-state index contributed by atoms with van der Waals surface area (Å²) in [4.78, 5) is 27.8. The van der Waals surface area contributed by atoms with Crippen molar-refractivity contribution in [2.24, 2.45) is 0 Å². The Balaban J connectivity index is 1.65. The zero-order chi connectivity index (χ0) is 27.2. The lowest BCUT2D eigenvalue weighted by Crippen LogP contribution is -2.33. The summed E-state index contributed by atoms with van der Waals surface area (Å²) in [5.74, 6) is 0.867. The summed E-state index contributed by atoms with van der Waals surface area (Å²) in [7, 11) is 3.14. The number of aliphatic hydroxyl groups excluding tert-OH is 1. The van der Waals surface area contributed by atoms with Gasteiger partial charge in [-0.2, -0.15) is 0 Å². The van der Waals surface area contributed by atoms with Gasteiger partial charge in [0.2, 0.25) is 0 Å². The summed E-state index contributed by atoms with van der Waals surface area (Å²) in [6, 6.07) is 20.1. The number of aliphatic hydroxyl groups is 1. The smallest absolute Gasteiger partial charge is 0.295 e. The van der Waals surface area contributed by atoms with Gasteiger partial charge in [0, 0.05) is 5.56 Å². The van der Waals surface area contributed by atoms with Gasteiger partial charge in [0.1, 0.15) is 35.4 Å². The van der Waals surface area contributed by atoms with E-state index in [0.717, 1.165) is 0 Å². The summed E-state index contributed by atoms with van der Waals surface area (Å²) in [6.45, 7) is 4.11. The van der Waals surface area contributed by atoms with Crippen LogP contribution in [0.25, 0.3) is 5.76 Å². The highest BCUT2D eigenvalue weighted by molar-refractivity contribution is 6.46. The van der Waals surface area contributed by atoms with Crippen LogP contribution in [-0.2, 0) is 9.59 Å². The molecule has 1 aliphatic heterocycles. The van der Waals surface area contributed by atoms with Crippen LogP contribution in [-0.4, -0.2) is 55.2 Å². The summed E-state index contributed by atoms with van der Waals surface area (Å²) >= 11 is 0. The number of Topliss-reactive ketones (excluding diaryl/α,β-unsaturated/α-hetero) is 1. The van der Waals surface area contributed by atoms with Crippen molar-refractivity contribution in [2.75, 3.05) is 27.4 Å². The van der Waals surface area contributed by atoms with Gasteiger partial charge in [-0.25, -0.2) is 0 Å². The lowest BCUT2D eigenvalue weighted by molar-refractivity contribution is -0.140. The minimum Gasteiger partial charge on any atom is -0.507 e. The molecular weight excluding hydrogens is 486 g/mol. The number of nitrogens with zero attached hydrogens (tertiary/aromatic N) is 1. The molecule has 4 rings (SSSR count). The molecule has 1 saturated heterocycles. The Morgan fingerprint density at radius 2 is 1.34 bits per heavy atom. The van der Waals surface area contributed by atoms with Crippen LogP contribution in [0.2, 0.25) is 0 Å². The zero-order valence-corrected chi connectivity index (χ0v) is 21.8. The number of hydrogen-bond acceptors (Lipinski definition) is 7. The average Bonchev–Trinajstić information content (AvgIpc) is 3.18. The van der Waals surface area contributed by atoms with Gasteiger partial charge in [-0.15, -0.1) is 0 Å². The highest BCUT2D eigenvalue weighted by Crippen LogP contribution is 2.40. The van der Waals surface area contributed by atoms with E-state index in [1.807, 2.05) is 13.8 Å². The number of ether oxygens (including phenoxy) is 4.